The van der Waals surface area contributed by atoms with Gasteiger partial charge < -0.3 is 20.6 Å². The summed E-state index contributed by atoms with van der Waals surface area (Å²) in [5.41, 5.74) is 3.96. The van der Waals surface area contributed by atoms with E-state index in [2.05, 4.69) is 15.5 Å². The fraction of sp³-hybridized carbons (Fsp3) is 0.350. The Balaban J connectivity index is 1.48. The molecule has 1 aliphatic carbocycles. The van der Waals surface area contributed by atoms with Gasteiger partial charge in [0.1, 0.15) is 0 Å². The third-order valence-electron chi connectivity index (χ3n) is 5.09. The van der Waals surface area contributed by atoms with E-state index >= 15 is 0 Å². The molecule has 2 atom stereocenters. The van der Waals surface area contributed by atoms with Gasteiger partial charge in [0.15, 0.2) is 0 Å². The number of benzene rings is 2. The van der Waals surface area contributed by atoms with Crippen LogP contribution in [0.15, 0.2) is 48.5 Å². The Bertz CT molecular complexity index is 771. The van der Waals surface area contributed by atoms with Gasteiger partial charge in [-0.05, 0) is 36.1 Å². The molecular formula is C20H23N3O2. The van der Waals surface area contributed by atoms with Crippen LogP contribution in [0.2, 0.25) is 0 Å². The van der Waals surface area contributed by atoms with E-state index in [1.807, 2.05) is 48.5 Å². The highest BCUT2D eigenvalue weighted by Crippen LogP contribution is 2.32. The molecule has 1 heterocycles. The monoisotopic (exact) mass is 337 g/mol. The highest BCUT2D eigenvalue weighted by molar-refractivity contribution is 5.93. The van der Waals surface area contributed by atoms with Gasteiger partial charge >= 0.3 is 6.03 Å². The Kier molecular flexibility index (Phi) is 4.32. The first-order valence-corrected chi connectivity index (χ1v) is 8.90. The number of carbonyl (C=O) groups is 1. The molecule has 0 radical (unpaired) electrons. The number of hydrogen-bond acceptors (Lipinski definition) is 3. The highest BCUT2D eigenvalue weighted by Gasteiger charge is 2.32. The van der Waals surface area contributed by atoms with Gasteiger partial charge in [-0.15, -0.1) is 0 Å². The van der Waals surface area contributed by atoms with E-state index in [1.165, 1.54) is 12.8 Å². The van der Waals surface area contributed by atoms with Gasteiger partial charge in [0, 0.05) is 19.5 Å². The second kappa shape index (κ2) is 6.76. The van der Waals surface area contributed by atoms with Crippen LogP contribution in [0, 0.1) is 0 Å². The summed E-state index contributed by atoms with van der Waals surface area (Å²) in [4.78, 5) is 14.8. The summed E-state index contributed by atoms with van der Waals surface area (Å²) in [5.74, 6) is 0. The minimum absolute atomic E-state index is 0.285. The number of aliphatic hydroxyl groups excluding tert-OH is 1. The van der Waals surface area contributed by atoms with Crippen LogP contribution in [0.1, 0.15) is 30.0 Å². The Morgan fingerprint density at radius 1 is 1.04 bits per heavy atom. The topological polar surface area (TPSA) is 64.6 Å². The van der Waals surface area contributed by atoms with Crippen LogP contribution < -0.4 is 15.5 Å². The molecule has 0 aromatic heterocycles. The SMILES string of the molecule is O=C(Nc1ccccc1N1CCCC1)N[C@H]1c2ccccc2C[C@H]1O. The Morgan fingerprint density at radius 2 is 1.76 bits per heavy atom. The minimum atomic E-state index is -0.586. The second-order valence-electron chi connectivity index (χ2n) is 6.76. The molecule has 1 saturated heterocycles. The predicted octanol–water partition coefficient (Wildman–Crippen LogP) is 3.07. The number of hydrogen-bond donors (Lipinski definition) is 3. The number of nitrogens with zero attached hydrogens (tertiary/aromatic N) is 1. The van der Waals surface area contributed by atoms with E-state index in [4.69, 9.17) is 0 Å². The number of urea groups is 1. The summed E-state index contributed by atoms with van der Waals surface area (Å²) in [7, 11) is 0. The van der Waals surface area contributed by atoms with Crippen molar-refractivity contribution in [2.24, 2.45) is 0 Å². The van der Waals surface area contributed by atoms with Crippen LogP contribution >= 0.6 is 0 Å². The van der Waals surface area contributed by atoms with Crippen molar-refractivity contribution in [3.8, 4) is 0 Å². The van der Waals surface area contributed by atoms with Crippen molar-refractivity contribution in [2.75, 3.05) is 23.3 Å². The Hall–Kier alpha value is -2.53. The summed E-state index contributed by atoms with van der Waals surface area (Å²) in [5, 5.41) is 16.2. The van der Waals surface area contributed by atoms with Gasteiger partial charge in [-0.3, -0.25) is 0 Å². The lowest BCUT2D eigenvalue weighted by Gasteiger charge is -2.23. The zero-order valence-corrected chi connectivity index (χ0v) is 14.1. The first kappa shape index (κ1) is 16.0. The van der Waals surface area contributed by atoms with Crippen molar-refractivity contribution in [3.63, 3.8) is 0 Å². The average molecular weight is 337 g/mol. The smallest absolute Gasteiger partial charge is 0.319 e. The largest absolute Gasteiger partial charge is 0.390 e. The molecule has 4 rings (SSSR count). The maximum atomic E-state index is 12.5. The average Bonchev–Trinajstić information content (AvgIpc) is 3.24. The van der Waals surface area contributed by atoms with Crippen molar-refractivity contribution >= 4 is 17.4 Å². The van der Waals surface area contributed by atoms with Crippen LogP contribution in [-0.4, -0.2) is 30.3 Å². The summed E-state index contributed by atoms with van der Waals surface area (Å²) in [6, 6.07) is 15.1. The molecule has 5 nitrogen and oxygen atoms in total. The van der Waals surface area contributed by atoms with E-state index in [0.29, 0.717) is 6.42 Å². The third-order valence-corrected chi connectivity index (χ3v) is 5.09. The highest BCUT2D eigenvalue weighted by atomic mass is 16.3. The summed E-state index contributed by atoms with van der Waals surface area (Å²) in [6.45, 7) is 2.05. The number of carbonyl (C=O) groups excluding carboxylic acids is 1. The molecule has 130 valence electrons. The van der Waals surface area contributed by atoms with Crippen LogP contribution in [0.4, 0.5) is 16.2 Å². The lowest BCUT2D eigenvalue weighted by Crippen LogP contribution is -2.37. The second-order valence-corrected chi connectivity index (χ2v) is 6.76. The fourth-order valence-electron chi connectivity index (χ4n) is 3.86. The predicted molar refractivity (Wildman–Crippen MR) is 98.9 cm³/mol. The van der Waals surface area contributed by atoms with E-state index in [0.717, 1.165) is 35.6 Å². The lowest BCUT2D eigenvalue weighted by molar-refractivity contribution is 0.144. The van der Waals surface area contributed by atoms with Crippen LogP contribution in [0.25, 0.3) is 0 Å². The quantitative estimate of drug-likeness (QED) is 0.806. The molecule has 25 heavy (non-hydrogen) atoms. The number of amides is 2. The van der Waals surface area contributed by atoms with Crippen LogP contribution in [0.5, 0.6) is 0 Å². The van der Waals surface area contributed by atoms with Crippen LogP contribution in [0.3, 0.4) is 0 Å². The van der Waals surface area contributed by atoms with E-state index in [1.54, 1.807) is 0 Å². The van der Waals surface area contributed by atoms with Crippen molar-refractivity contribution in [1.82, 2.24) is 5.32 Å². The molecule has 2 aliphatic rings. The maximum absolute atomic E-state index is 12.5. The number of para-hydroxylation sites is 2. The summed E-state index contributed by atoms with van der Waals surface area (Å²) >= 11 is 0. The maximum Gasteiger partial charge on any atom is 0.319 e. The van der Waals surface area contributed by atoms with Gasteiger partial charge in [0.05, 0.1) is 23.5 Å². The standard InChI is InChI=1S/C20H23N3O2/c24-18-13-14-7-1-2-8-15(14)19(18)22-20(25)21-16-9-3-4-10-17(16)23-11-5-6-12-23/h1-4,7-10,18-19,24H,5-6,11-13H2,(H2,21,22,25)/t18-,19+/m1/s1. The van der Waals surface area contributed by atoms with E-state index in [-0.39, 0.29) is 12.1 Å². The molecule has 3 N–H and O–H groups in total. The van der Waals surface area contributed by atoms with Gasteiger partial charge in [-0.2, -0.15) is 0 Å². The molecule has 0 saturated carbocycles. The molecule has 1 aliphatic heterocycles. The number of fused-ring (bicyclic) bond motifs is 1. The van der Waals surface area contributed by atoms with Gasteiger partial charge in [0.25, 0.3) is 0 Å². The fourth-order valence-corrected chi connectivity index (χ4v) is 3.86. The molecule has 2 aromatic rings. The summed E-state index contributed by atoms with van der Waals surface area (Å²) in [6.07, 6.45) is 2.36. The van der Waals surface area contributed by atoms with Crippen molar-refractivity contribution in [3.05, 3.63) is 59.7 Å². The molecule has 2 aromatic carbocycles. The normalized spacial score (nSPS) is 21.9. The Labute approximate surface area is 147 Å². The first-order valence-electron chi connectivity index (χ1n) is 8.90. The van der Waals surface area contributed by atoms with Crippen molar-refractivity contribution in [2.45, 2.75) is 31.4 Å². The number of anilines is 2. The molecule has 2 amide bonds. The summed E-state index contributed by atoms with van der Waals surface area (Å²) < 4.78 is 0. The van der Waals surface area contributed by atoms with Crippen molar-refractivity contribution in [1.29, 1.82) is 0 Å². The molecule has 0 spiro atoms. The van der Waals surface area contributed by atoms with Gasteiger partial charge in [0.2, 0.25) is 0 Å². The van der Waals surface area contributed by atoms with E-state index in [9.17, 15) is 9.90 Å². The number of nitrogens with one attached hydrogen (secondary N) is 2. The molecule has 0 bridgehead atoms. The van der Waals surface area contributed by atoms with Gasteiger partial charge in [-0.1, -0.05) is 36.4 Å². The molecule has 5 heteroatoms. The van der Waals surface area contributed by atoms with Crippen molar-refractivity contribution < 1.29 is 9.90 Å². The first-order chi connectivity index (χ1) is 12.2. The zero-order valence-electron chi connectivity index (χ0n) is 14.1. The number of aliphatic hydroxyl groups is 1. The third kappa shape index (κ3) is 3.20. The van der Waals surface area contributed by atoms with E-state index < -0.39 is 6.10 Å². The lowest BCUT2D eigenvalue weighted by atomic mass is 10.1. The number of rotatable bonds is 3. The molecule has 0 unspecified atom stereocenters. The molecule has 1 fully saturated rings. The minimum Gasteiger partial charge on any atom is -0.390 e. The zero-order chi connectivity index (χ0) is 17.2. The van der Waals surface area contributed by atoms with Crippen LogP contribution in [-0.2, 0) is 6.42 Å². The Morgan fingerprint density at radius 3 is 2.60 bits per heavy atom. The molecular weight excluding hydrogens is 314 g/mol. The van der Waals surface area contributed by atoms with Gasteiger partial charge in [-0.25, -0.2) is 4.79 Å².